The molecule has 0 spiro atoms. The zero-order valence-corrected chi connectivity index (χ0v) is 13.6. The normalized spacial score (nSPS) is 11.6. The van der Waals surface area contributed by atoms with Gasteiger partial charge < -0.3 is 10.1 Å². The molecule has 0 fully saturated rings. The molecule has 2 nitrogen and oxygen atoms in total. The van der Waals surface area contributed by atoms with E-state index >= 15 is 0 Å². The van der Waals surface area contributed by atoms with E-state index in [2.05, 4.69) is 32.2 Å². The Morgan fingerprint density at radius 3 is 2.65 bits per heavy atom. The molecule has 0 unspecified atom stereocenters. The fraction of sp³-hybridized carbons (Fsp3) is 0.375. The van der Waals surface area contributed by atoms with Crippen LogP contribution in [0.4, 0.5) is 0 Å². The Bertz CT molecular complexity index is 546. The second kappa shape index (κ2) is 6.61. The first-order chi connectivity index (χ1) is 9.44. The molecule has 108 valence electrons. The van der Waals surface area contributed by atoms with Gasteiger partial charge in [0.2, 0.25) is 0 Å². The lowest BCUT2D eigenvalue weighted by Crippen LogP contribution is -2.35. The summed E-state index contributed by atoms with van der Waals surface area (Å²) >= 11 is 7.95. The zero-order chi connectivity index (χ0) is 14.6. The molecule has 20 heavy (non-hydrogen) atoms. The van der Waals surface area contributed by atoms with Gasteiger partial charge in [0.1, 0.15) is 12.4 Å². The van der Waals surface area contributed by atoms with Crippen molar-refractivity contribution in [2.75, 3.05) is 0 Å². The Morgan fingerprint density at radius 2 is 2.05 bits per heavy atom. The zero-order valence-electron chi connectivity index (χ0n) is 12.1. The highest BCUT2D eigenvalue weighted by atomic mass is 35.5. The Morgan fingerprint density at radius 1 is 1.25 bits per heavy atom. The second-order valence-electron chi connectivity index (χ2n) is 5.74. The van der Waals surface area contributed by atoms with Crippen molar-refractivity contribution in [3.63, 3.8) is 0 Å². The van der Waals surface area contributed by atoms with E-state index in [0.717, 1.165) is 17.9 Å². The monoisotopic (exact) mass is 309 g/mol. The molecule has 2 aromatic rings. The van der Waals surface area contributed by atoms with Gasteiger partial charge in [-0.25, -0.2) is 0 Å². The first-order valence-corrected chi connectivity index (χ1v) is 7.88. The number of thiophene rings is 1. The molecule has 0 atom stereocenters. The average molecular weight is 310 g/mol. The van der Waals surface area contributed by atoms with Gasteiger partial charge in [-0.1, -0.05) is 23.7 Å². The van der Waals surface area contributed by atoms with Crippen LogP contribution in [0.5, 0.6) is 5.75 Å². The van der Waals surface area contributed by atoms with Crippen LogP contribution >= 0.6 is 22.9 Å². The van der Waals surface area contributed by atoms with E-state index in [0.29, 0.717) is 11.6 Å². The molecule has 1 N–H and O–H groups in total. The maximum atomic E-state index is 6.27. The van der Waals surface area contributed by atoms with Crippen LogP contribution in [0.1, 0.15) is 31.2 Å². The molecule has 2 rings (SSSR count). The van der Waals surface area contributed by atoms with Gasteiger partial charge >= 0.3 is 0 Å². The van der Waals surface area contributed by atoms with Crippen LogP contribution in [0.3, 0.4) is 0 Å². The predicted octanol–water partition coefficient (Wildman–Crippen LogP) is 4.87. The molecular weight excluding hydrogens is 290 g/mol. The summed E-state index contributed by atoms with van der Waals surface area (Å²) in [5.41, 5.74) is 1.26. The van der Waals surface area contributed by atoms with Crippen LogP contribution in [0.25, 0.3) is 0 Å². The van der Waals surface area contributed by atoms with Gasteiger partial charge in [0, 0.05) is 17.0 Å². The summed E-state index contributed by atoms with van der Waals surface area (Å²) in [5.74, 6) is 0.736. The van der Waals surface area contributed by atoms with E-state index in [1.807, 2.05) is 29.6 Å². The molecule has 4 heteroatoms. The minimum atomic E-state index is 0.0980. The van der Waals surface area contributed by atoms with Crippen LogP contribution in [-0.2, 0) is 13.2 Å². The summed E-state index contributed by atoms with van der Waals surface area (Å²) in [5, 5.41) is 6.15. The first-order valence-electron chi connectivity index (χ1n) is 6.63. The summed E-state index contributed by atoms with van der Waals surface area (Å²) in [4.78, 5) is 1.19. The quantitative estimate of drug-likeness (QED) is 0.851. The van der Waals surface area contributed by atoms with Crippen LogP contribution in [0.15, 0.2) is 35.7 Å². The summed E-state index contributed by atoms with van der Waals surface area (Å²) in [7, 11) is 0. The average Bonchev–Trinajstić information content (AvgIpc) is 2.87. The third-order valence-electron chi connectivity index (χ3n) is 2.77. The molecule has 1 aromatic carbocycles. The van der Waals surface area contributed by atoms with E-state index in [-0.39, 0.29) is 5.54 Å². The molecule has 0 saturated heterocycles. The fourth-order valence-electron chi connectivity index (χ4n) is 1.68. The number of benzene rings is 1. The summed E-state index contributed by atoms with van der Waals surface area (Å²) < 4.78 is 5.74. The van der Waals surface area contributed by atoms with Crippen molar-refractivity contribution in [3.05, 3.63) is 51.2 Å². The van der Waals surface area contributed by atoms with Crippen molar-refractivity contribution in [1.29, 1.82) is 0 Å². The minimum absolute atomic E-state index is 0.0980. The number of hydrogen-bond donors (Lipinski definition) is 1. The topological polar surface area (TPSA) is 21.3 Å². The van der Waals surface area contributed by atoms with E-state index in [1.165, 1.54) is 4.88 Å². The lowest BCUT2D eigenvalue weighted by atomic mass is 10.1. The smallest absolute Gasteiger partial charge is 0.138 e. The third kappa shape index (κ3) is 4.82. The predicted molar refractivity (Wildman–Crippen MR) is 86.7 cm³/mol. The Balaban J connectivity index is 1.95. The van der Waals surface area contributed by atoms with Crippen LogP contribution < -0.4 is 10.1 Å². The van der Waals surface area contributed by atoms with E-state index in [1.54, 1.807) is 11.3 Å². The van der Waals surface area contributed by atoms with Crippen molar-refractivity contribution in [2.45, 2.75) is 39.5 Å². The fourth-order valence-corrected chi connectivity index (χ4v) is 2.56. The Kier molecular flexibility index (Phi) is 5.08. The number of ether oxygens (including phenoxy) is 1. The first kappa shape index (κ1) is 15.4. The van der Waals surface area contributed by atoms with Crippen molar-refractivity contribution in [1.82, 2.24) is 5.32 Å². The van der Waals surface area contributed by atoms with Crippen molar-refractivity contribution < 1.29 is 4.74 Å². The summed E-state index contributed by atoms with van der Waals surface area (Å²) in [6.45, 7) is 7.80. The van der Waals surface area contributed by atoms with Gasteiger partial charge in [-0.15, -0.1) is 11.3 Å². The van der Waals surface area contributed by atoms with Crippen LogP contribution in [0, 0.1) is 0 Å². The van der Waals surface area contributed by atoms with Crippen molar-refractivity contribution in [3.8, 4) is 5.75 Å². The lowest BCUT2D eigenvalue weighted by molar-refractivity contribution is 0.310. The van der Waals surface area contributed by atoms with Crippen LogP contribution in [-0.4, -0.2) is 5.54 Å². The highest BCUT2D eigenvalue weighted by Gasteiger charge is 2.09. The molecule has 0 amide bonds. The molecule has 0 bridgehead atoms. The molecule has 0 radical (unpaired) electrons. The van der Waals surface area contributed by atoms with Gasteiger partial charge in [0.05, 0.1) is 5.02 Å². The Hall–Kier alpha value is -1.03. The summed E-state index contributed by atoms with van der Waals surface area (Å²) in [6.07, 6.45) is 0. The molecular formula is C16H20ClNOS. The highest BCUT2D eigenvalue weighted by Crippen LogP contribution is 2.27. The number of rotatable bonds is 5. The Labute approximate surface area is 129 Å². The molecule has 0 aliphatic carbocycles. The van der Waals surface area contributed by atoms with Crippen LogP contribution in [0.2, 0.25) is 5.02 Å². The molecule has 1 heterocycles. The number of halogens is 1. The minimum Gasteiger partial charge on any atom is -0.487 e. The van der Waals surface area contributed by atoms with Crippen molar-refractivity contribution >= 4 is 22.9 Å². The maximum absolute atomic E-state index is 6.27. The lowest BCUT2D eigenvalue weighted by Gasteiger charge is -2.20. The molecule has 0 aliphatic heterocycles. The standard InChI is InChI=1S/C16H20ClNOS/c1-16(2,3)18-10-12-6-7-15(14(17)9-12)19-11-13-5-4-8-20-13/h4-9,18H,10-11H2,1-3H3. The maximum Gasteiger partial charge on any atom is 0.138 e. The SMILES string of the molecule is CC(C)(C)NCc1ccc(OCc2cccs2)c(Cl)c1. The van der Waals surface area contributed by atoms with Gasteiger partial charge in [-0.3, -0.25) is 0 Å². The molecule has 1 aromatic heterocycles. The van der Waals surface area contributed by atoms with Gasteiger partial charge in [0.15, 0.2) is 0 Å². The second-order valence-corrected chi connectivity index (χ2v) is 7.18. The van der Waals surface area contributed by atoms with E-state index < -0.39 is 0 Å². The highest BCUT2D eigenvalue weighted by molar-refractivity contribution is 7.09. The third-order valence-corrected chi connectivity index (χ3v) is 3.91. The molecule has 0 aliphatic rings. The largest absolute Gasteiger partial charge is 0.487 e. The van der Waals surface area contributed by atoms with Gasteiger partial charge in [-0.2, -0.15) is 0 Å². The summed E-state index contributed by atoms with van der Waals surface area (Å²) in [6, 6.07) is 10.0. The number of nitrogens with one attached hydrogen (secondary N) is 1. The number of hydrogen-bond acceptors (Lipinski definition) is 3. The van der Waals surface area contributed by atoms with Gasteiger partial charge in [0.25, 0.3) is 0 Å². The van der Waals surface area contributed by atoms with E-state index in [9.17, 15) is 0 Å². The van der Waals surface area contributed by atoms with E-state index in [4.69, 9.17) is 16.3 Å². The van der Waals surface area contributed by atoms with Crippen molar-refractivity contribution in [2.24, 2.45) is 0 Å². The molecule has 0 saturated carbocycles. The van der Waals surface area contributed by atoms with Gasteiger partial charge in [-0.05, 0) is 49.9 Å².